The van der Waals surface area contributed by atoms with Crippen LogP contribution in [0, 0.1) is 11.8 Å². The molecule has 4 rings (SSSR count). The first-order valence-corrected chi connectivity index (χ1v) is 12.6. The Balaban J connectivity index is 1.21. The Labute approximate surface area is 200 Å². The van der Waals surface area contributed by atoms with Gasteiger partial charge < -0.3 is 5.32 Å². The molecule has 1 aliphatic heterocycles. The molecule has 1 heterocycles. The zero-order chi connectivity index (χ0) is 23.8. The van der Waals surface area contributed by atoms with Gasteiger partial charge in [-0.2, -0.15) is 0 Å². The number of sulfonamides is 1. The molecule has 0 aliphatic carbocycles. The maximum atomic E-state index is 12.3. The quantitative estimate of drug-likeness (QED) is 0.397. The fraction of sp³-hybridized carbons (Fsp3) is 0.185. The van der Waals surface area contributed by atoms with Crippen molar-refractivity contribution in [1.29, 1.82) is 0 Å². The van der Waals surface area contributed by atoms with Crippen LogP contribution in [0.25, 0.3) is 0 Å². The Morgan fingerprint density at radius 1 is 0.853 bits per heavy atom. The van der Waals surface area contributed by atoms with Crippen molar-refractivity contribution in [3.63, 3.8) is 0 Å². The summed E-state index contributed by atoms with van der Waals surface area (Å²) in [4.78, 5) is 17.0. The van der Waals surface area contributed by atoms with Gasteiger partial charge in [0.2, 0.25) is 5.91 Å². The Morgan fingerprint density at radius 2 is 1.59 bits per heavy atom. The molecule has 6 nitrogen and oxygen atoms in total. The van der Waals surface area contributed by atoms with E-state index in [4.69, 9.17) is 0 Å². The average molecular weight is 472 g/mol. The molecule has 3 aromatic carbocycles. The molecule has 0 atom stereocenters. The number of hydrogen-bond donors (Lipinski definition) is 2. The number of amidine groups is 1. The van der Waals surface area contributed by atoms with E-state index in [0.717, 1.165) is 36.1 Å². The third-order valence-corrected chi connectivity index (χ3v) is 6.66. The van der Waals surface area contributed by atoms with Gasteiger partial charge in [0, 0.05) is 35.3 Å². The molecule has 1 amide bonds. The summed E-state index contributed by atoms with van der Waals surface area (Å²) in [6.07, 6.45) is 2.73. The second-order valence-corrected chi connectivity index (χ2v) is 9.54. The Hall–Kier alpha value is -3.89. The first kappa shape index (κ1) is 23.3. The molecule has 0 saturated carbocycles. The molecule has 2 N–H and O–H groups in total. The van der Waals surface area contributed by atoms with Crippen LogP contribution < -0.4 is 10.0 Å². The van der Waals surface area contributed by atoms with Crippen molar-refractivity contribution in [3.05, 3.63) is 95.6 Å². The number of amides is 1. The summed E-state index contributed by atoms with van der Waals surface area (Å²) in [5.41, 5.74) is 3.11. The number of hydrogen-bond acceptors (Lipinski definition) is 4. The minimum absolute atomic E-state index is 0.0445. The summed E-state index contributed by atoms with van der Waals surface area (Å²) in [6.45, 7) is 0.496. The van der Waals surface area contributed by atoms with Crippen LogP contribution in [0.3, 0.4) is 0 Å². The highest BCUT2D eigenvalue weighted by Gasteiger charge is 2.29. The second-order valence-electron chi connectivity index (χ2n) is 7.89. The normalized spacial score (nSPS) is 14.5. The van der Waals surface area contributed by atoms with Gasteiger partial charge in [-0.05, 0) is 55.3 Å². The molecule has 0 unspecified atom stereocenters. The predicted molar refractivity (Wildman–Crippen MR) is 134 cm³/mol. The molecule has 34 heavy (non-hydrogen) atoms. The van der Waals surface area contributed by atoms with Crippen molar-refractivity contribution >= 4 is 27.5 Å². The zero-order valence-electron chi connectivity index (χ0n) is 18.6. The van der Waals surface area contributed by atoms with E-state index in [1.165, 1.54) is 0 Å². The highest BCUT2D eigenvalue weighted by molar-refractivity contribution is 7.90. The van der Waals surface area contributed by atoms with E-state index >= 15 is 0 Å². The van der Waals surface area contributed by atoms with Gasteiger partial charge in [-0.15, -0.1) is 0 Å². The van der Waals surface area contributed by atoms with Crippen LogP contribution >= 0.6 is 0 Å². The van der Waals surface area contributed by atoms with Gasteiger partial charge in [0.25, 0.3) is 10.0 Å². The SMILES string of the molecule is O=C(CCCCCN=C1NS(=O)(=O)c2ccccc21)Nc1cccc(C#Cc2ccccc2)c1. The van der Waals surface area contributed by atoms with Gasteiger partial charge in [0.1, 0.15) is 5.84 Å². The smallest absolute Gasteiger partial charge is 0.263 e. The minimum Gasteiger partial charge on any atom is -0.326 e. The molecule has 7 heteroatoms. The van der Waals surface area contributed by atoms with E-state index < -0.39 is 10.0 Å². The average Bonchev–Trinajstić information content (AvgIpc) is 3.11. The topological polar surface area (TPSA) is 87.6 Å². The summed E-state index contributed by atoms with van der Waals surface area (Å²) >= 11 is 0. The molecule has 0 bridgehead atoms. The van der Waals surface area contributed by atoms with Crippen molar-refractivity contribution in [2.24, 2.45) is 4.99 Å². The Morgan fingerprint density at radius 3 is 2.44 bits per heavy atom. The van der Waals surface area contributed by atoms with E-state index in [1.807, 2.05) is 54.6 Å². The minimum atomic E-state index is -3.51. The molecule has 172 valence electrons. The largest absolute Gasteiger partial charge is 0.326 e. The van der Waals surface area contributed by atoms with Crippen LogP contribution in [0.5, 0.6) is 0 Å². The molecule has 0 fully saturated rings. The van der Waals surface area contributed by atoms with Crippen LogP contribution in [0.4, 0.5) is 5.69 Å². The second kappa shape index (κ2) is 10.8. The number of aliphatic imine (C=N–C) groups is 1. The van der Waals surface area contributed by atoms with Crippen molar-refractivity contribution in [2.75, 3.05) is 11.9 Å². The number of benzene rings is 3. The molecule has 3 aromatic rings. The van der Waals surface area contributed by atoms with Gasteiger partial charge in [0.05, 0.1) is 4.90 Å². The third-order valence-electron chi connectivity index (χ3n) is 5.27. The highest BCUT2D eigenvalue weighted by atomic mass is 32.2. The zero-order valence-corrected chi connectivity index (χ0v) is 19.4. The summed E-state index contributed by atoms with van der Waals surface area (Å²) in [5, 5.41) is 2.93. The number of rotatable bonds is 7. The van der Waals surface area contributed by atoms with Crippen LogP contribution in [-0.2, 0) is 14.8 Å². The van der Waals surface area contributed by atoms with Crippen molar-refractivity contribution < 1.29 is 13.2 Å². The van der Waals surface area contributed by atoms with Gasteiger partial charge in [-0.25, -0.2) is 8.42 Å². The number of nitrogens with zero attached hydrogens (tertiary/aromatic N) is 1. The monoisotopic (exact) mass is 471 g/mol. The summed E-state index contributed by atoms with van der Waals surface area (Å²) in [6, 6.07) is 24.1. The molecule has 0 saturated heterocycles. The summed E-state index contributed by atoms with van der Waals surface area (Å²) in [5.74, 6) is 6.58. The summed E-state index contributed by atoms with van der Waals surface area (Å²) in [7, 11) is -3.51. The lowest BCUT2D eigenvalue weighted by Crippen LogP contribution is -2.22. The molecule has 0 spiro atoms. The fourth-order valence-electron chi connectivity index (χ4n) is 3.58. The number of unbranched alkanes of at least 4 members (excludes halogenated alkanes) is 2. The standard InChI is InChI=1S/C27H25N3O3S/c31-26(29-23-13-9-12-22(20-23)18-17-21-10-3-1-4-11-21)16-5-2-8-19-28-27-24-14-6-7-15-25(24)34(32,33)30-27/h1,3-4,6-7,9-15,20H,2,5,8,16,19H2,(H,28,30)(H,29,31). The molecule has 1 aliphatic rings. The van der Waals surface area contributed by atoms with Crippen molar-refractivity contribution in [3.8, 4) is 11.8 Å². The molecular formula is C27H25N3O3S. The number of carbonyl (C=O) groups is 1. The molecular weight excluding hydrogens is 446 g/mol. The predicted octanol–water partition coefficient (Wildman–Crippen LogP) is 4.32. The van der Waals surface area contributed by atoms with E-state index in [0.29, 0.717) is 24.4 Å². The van der Waals surface area contributed by atoms with Crippen LogP contribution in [0.2, 0.25) is 0 Å². The van der Waals surface area contributed by atoms with E-state index in [1.54, 1.807) is 24.3 Å². The lowest BCUT2D eigenvalue weighted by atomic mass is 10.1. The fourth-order valence-corrected chi connectivity index (χ4v) is 4.83. The number of anilines is 1. The molecule has 0 radical (unpaired) electrons. The Kier molecular flexibility index (Phi) is 7.41. The van der Waals surface area contributed by atoms with Crippen LogP contribution in [0.1, 0.15) is 42.4 Å². The van der Waals surface area contributed by atoms with Crippen LogP contribution in [-0.4, -0.2) is 26.7 Å². The highest BCUT2D eigenvalue weighted by Crippen LogP contribution is 2.22. The number of fused-ring (bicyclic) bond motifs is 1. The van der Waals surface area contributed by atoms with Crippen LogP contribution in [0.15, 0.2) is 88.8 Å². The molecule has 0 aromatic heterocycles. The maximum Gasteiger partial charge on any atom is 0.263 e. The van der Waals surface area contributed by atoms with E-state index in [9.17, 15) is 13.2 Å². The Bertz CT molecular complexity index is 1370. The van der Waals surface area contributed by atoms with Gasteiger partial charge >= 0.3 is 0 Å². The maximum absolute atomic E-state index is 12.3. The van der Waals surface area contributed by atoms with E-state index in [-0.39, 0.29) is 10.8 Å². The van der Waals surface area contributed by atoms with Gasteiger partial charge in [-0.3, -0.25) is 14.5 Å². The van der Waals surface area contributed by atoms with Crippen molar-refractivity contribution in [2.45, 2.75) is 30.6 Å². The summed E-state index contributed by atoms with van der Waals surface area (Å²) < 4.78 is 26.7. The van der Waals surface area contributed by atoms with E-state index in [2.05, 4.69) is 26.9 Å². The lowest BCUT2D eigenvalue weighted by molar-refractivity contribution is -0.116. The van der Waals surface area contributed by atoms with Gasteiger partial charge in [-0.1, -0.05) is 54.7 Å². The first-order chi connectivity index (χ1) is 16.5. The van der Waals surface area contributed by atoms with Gasteiger partial charge in [0.15, 0.2) is 0 Å². The first-order valence-electron chi connectivity index (χ1n) is 11.1. The number of carbonyl (C=O) groups excluding carboxylic acids is 1. The number of nitrogens with one attached hydrogen (secondary N) is 2. The lowest BCUT2D eigenvalue weighted by Gasteiger charge is -2.05. The van der Waals surface area contributed by atoms with Crippen molar-refractivity contribution in [1.82, 2.24) is 4.72 Å². The third kappa shape index (κ3) is 6.12.